The molecule has 0 radical (unpaired) electrons. The van der Waals surface area contributed by atoms with Gasteiger partial charge in [0.1, 0.15) is 11.9 Å². The van der Waals surface area contributed by atoms with E-state index >= 15 is 0 Å². The maximum atomic E-state index is 11.9. The summed E-state index contributed by atoms with van der Waals surface area (Å²) >= 11 is 0. The van der Waals surface area contributed by atoms with Gasteiger partial charge >= 0.3 is 0 Å². The van der Waals surface area contributed by atoms with Crippen molar-refractivity contribution in [1.29, 1.82) is 0 Å². The Kier molecular flexibility index (Phi) is 5.14. The summed E-state index contributed by atoms with van der Waals surface area (Å²) in [5.41, 5.74) is 0.717. The van der Waals surface area contributed by atoms with Crippen LogP contribution in [0.1, 0.15) is 55.8 Å². The van der Waals surface area contributed by atoms with E-state index in [9.17, 15) is 4.79 Å². The van der Waals surface area contributed by atoms with Crippen molar-refractivity contribution in [2.75, 3.05) is 13.1 Å². The summed E-state index contributed by atoms with van der Waals surface area (Å²) < 4.78 is 6.47. The number of Topliss-reactive ketones (excluding diaryl/α,β-unsaturated/α-hetero) is 1. The molecule has 0 aromatic heterocycles. The Balaban J connectivity index is 1.81. The van der Waals surface area contributed by atoms with Crippen LogP contribution in [0.2, 0.25) is 0 Å². The van der Waals surface area contributed by atoms with Crippen LogP contribution in [0.15, 0.2) is 24.3 Å². The van der Waals surface area contributed by atoms with Crippen LogP contribution in [0.25, 0.3) is 0 Å². The monoisotopic (exact) mass is 301 g/mol. The molecule has 3 nitrogen and oxygen atoms in total. The first kappa shape index (κ1) is 15.5. The van der Waals surface area contributed by atoms with E-state index < -0.39 is 0 Å². The second-order valence-corrected chi connectivity index (χ2v) is 6.79. The first-order valence-electron chi connectivity index (χ1n) is 8.73. The van der Waals surface area contributed by atoms with E-state index in [1.807, 2.05) is 24.3 Å². The van der Waals surface area contributed by atoms with E-state index in [1.54, 1.807) is 6.92 Å². The number of carbonyl (C=O) groups is 1. The lowest BCUT2D eigenvalue weighted by atomic mass is 9.80. The third-order valence-electron chi connectivity index (χ3n) is 5.21. The molecular weight excluding hydrogens is 274 g/mol. The van der Waals surface area contributed by atoms with E-state index in [0.29, 0.717) is 17.4 Å². The average Bonchev–Trinajstić information content (AvgIpc) is 3.08. The van der Waals surface area contributed by atoms with Gasteiger partial charge in [0.2, 0.25) is 0 Å². The Morgan fingerprint density at radius 3 is 2.59 bits per heavy atom. The highest BCUT2D eigenvalue weighted by Crippen LogP contribution is 2.35. The summed E-state index contributed by atoms with van der Waals surface area (Å²) in [6.07, 6.45) is 7.96. The molecule has 1 aliphatic carbocycles. The zero-order valence-corrected chi connectivity index (χ0v) is 13.5. The van der Waals surface area contributed by atoms with Crippen LogP contribution in [-0.2, 0) is 0 Å². The van der Waals surface area contributed by atoms with E-state index in [2.05, 4.69) is 5.32 Å². The van der Waals surface area contributed by atoms with Crippen LogP contribution in [0, 0.1) is 11.8 Å². The van der Waals surface area contributed by atoms with Gasteiger partial charge in [-0.2, -0.15) is 0 Å². The molecule has 3 heteroatoms. The second-order valence-electron chi connectivity index (χ2n) is 6.79. The van der Waals surface area contributed by atoms with Gasteiger partial charge in [0.25, 0.3) is 0 Å². The SMILES string of the molecule is CC(=O)c1ccccc1OC(C1CCCCC1)[C@H]1CCNC1. The van der Waals surface area contributed by atoms with Gasteiger partial charge < -0.3 is 10.1 Å². The lowest BCUT2D eigenvalue weighted by Gasteiger charge is -2.34. The quantitative estimate of drug-likeness (QED) is 0.840. The van der Waals surface area contributed by atoms with Gasteiger partial charge in [-0.05, 0) is 50.8 Å². The Bertz CT molecular complexity index is 502. The largest absolute Gasteiger partial charge is 0.489 e. The number of nitrogens with one attached hydrogen (secondary N) is 1. The molecule has 2 atom stereocenters. The first-order chi connectivity index (χ1) is 10.8. The molecule has 1 saturated carbocycles. The number of benzene rings is 1. The van der Waals surface area contributed by atoms with Crippen LogP contribution in [-0.4, -0.2) is 25.0 Å². The molecule has 1 aliphatic heterocycles. The van der Waals surface area contributed by atoms with Crippen molar-refractivity contribution in [3.8, 4) is 5.75 Å². The van der Waals surface area contributed by atoms with Crippen molar-refractivity contribution in [3.63, 3.8) is 0 Å². The molecule has 3 rings (SSSR count). The standard InChI is InChI=1S/C19H27NO2/c1-14(21)17-9-5-6-10-18(17)22-19(16-11-12-20-13-16)15-7-3-2-4-8-15/h5-6,9-10,15-16,19-20H,2-4,7-8,11-13H2,1H3/t16-,19?/m0/s1. The number of ether oxygens (including phenoxy) is 1. The van der Waals surface area contributed by atoms with Crippen molar-refractivity contribution in [2.45, 2.75) is 51.6 Å². The van der Waals surface area contributed by atoms with Crippen molar-refractivity contribution >= 4 is 5.78 Å². The van der Waals surface area contributed by atoms with E-state index in [4.69, 9.17) is 4.74 Å². The fraction of sp³-hybridized carbons (Fsp3) is 0.632. The minimum absolute atomic E-state index is 0.0857. The topological polar surface area (TPSA) is 38.3 Å². The van der Waals surface area contributed by atoms with Crippen LogP contribution in [0.5, 0.6) is 5.75 Å². The molecule has 1 unspecified atom stereocenters. The maximum Gasteiger partial charge on any atom is 0.163 e. The number of ketones is 1. The highest BCUT2D eigenvalue weighted by Gasteiger charge is 2.34. The molecule has 0 bridgehead atoms. The van der Waals surface area contributed by atoms with Crippen LogP contribution in [0.4, 0.5) is 0 Å². The average molecular weight is 301 g/mol. The van der Waals surface area contributed by atoms with Gasteiger partial charge in [-0.25, -0.2) is 0 Å². The lowest BCUT2D eigenvalue weighted by molar-refractivity contribution is 0.0609. The summed E-state index contributed by atoms with van der Waals surface area (Å²) in [5.74, 6) is 2.07. The van der Waals surface area contributed by atoms with Gasteiger partial charge in [0.05, 0.1) is 5.56 Å². The molecule has 0 amide bonds. The summed E-state index contributed by atoms with van der Waals surface area (Å²) in [6.45, 7) is 3.75. The van der Waals surface area contributed by atoms with Crippen LogP contribution >= 0.6 is 0 Å². The van der Waals surface area contributed by atoms with Crippen molar-refractivity contribution in [2.24, 2.45) is 11.8 Å². The zero-order valence-electron chi connectivity index (χ0n) is 13.5. The molecular formula is C19H27NO2. The van der Waals surface area contributed by atoms with Gasteiger partial charge in [-0.1, -0.05) is 31.4 Å². The molecule has 1 aromatic rings. The third kappa shape index (κ3) is 3.52. The van der Waals surface area contributed by atoms with E-state index in [-0.39, 0.29) is 11.9 Å². The Hall–Kier alpha value is -1.35. The van der Waals surface area contributed by atoms with Gasteiger partial charge in [0, 0.05) is 12.5 Å². The predicted octanol–water partition coefficient (Wildman–Crippen LogP) is 3.83. The van der Waals surface area contributed by atoms with Crippen molar-refractivity contribution < 1.29 is 9.53 Å². The predicted molar refractivity (Wildman–Crippen MR) is 88.4 cm³/mol. The van der Waals surface area contributed by atoms with E-state index in [0.717, 1.165) is 18.8 Å². The molecule has 2 aliphatic rings. The molecule has 1 aromatic carbocycles. The van der Waals surface area contributed by atoms with Gasteiger partial charge in [-0.3, -0.25) is 4.79 Å². The molecule has 1 saturated heterocycles. The smallest absolute Gasteiger partial charge is 0.163 e. The van der Waals surface area contributed by atoms with Crippen molar-refractivity contribution in [1.82, 2.24) is 5.32 Å². The third-order valence-corrected chi connectivity index (χ3v) is 5.21. The number of carbonyl (C=O) groups excluding carboxylic acids is 1. The molecule has 22 heavy (non-hydrogen) atoms. The summed E-state index contributed by atoms with van der Waals surface area (Å²) in [5, 5.41) is 3.47. The normalized spacial score (nSPS) is 24.1. The highest BCUT2D eigenvalue weighted by molar-refractivity contribution is 5.96. The number of hydrogen-bond acceptors (Lipinski definition) is 3. The van der Waals surface area contributed by atoms with Crippen LogP contribution < -0.4 is 10.1 Å². The number of rotatable bonds is 5. The minimum atomic E-state index is 0.0857. The Morgan fingerprint density at radius 2 is 1.91 bits per heavy atom. The molecule has 1 heterocycles. The number of para-hydroxylation sites is 1. The molecule has 120 valence electrons. The molecule has 0 spiro atoms. The van der Waals surface area contributed by atoms with Crippen molar-refractivity contribution in [3.05, 3.63) is 29.8 Å². The fourth-order valence-electron chi connectivity index (χ4n) is 4.00. The van der Waals surface area contributed by atoms with E-state index in [1.165, 1.54) is 38.5 Å². The highest BCUT2D eigenvalue weighted by atomic mass is 16.5. The minimum Gasteiger partial charge on any atom is -0.489 e. The number of hydrogen-bond donors (Lipinski definition) is 1. The van der Waals surface area contributed by atoms with Gasteiger partial charge in [-0.15, -0.1) is 0 Å². The lowest BCUT2D eigenvalue weighted by Crippen LogP contribution is -2.37. The molecule has 1 N–H and O–H groups in total. The summed E-state index contributed by atoms with van der Waals surface area (Å²) in [7, 11) is 0. The second kappa shape index (κ2) is 7.28. The first-order valence-corrected chi connectivity index (χ1v) is 8.73. The molecule has 2 fully saturated rings. The summed E-state index contributed by atoms with van der Waals surface area (Å²) in [4.78, 5) is 11.9. The Morgan fingerprint density at radius 1 is 1.14 bits per heavy atom. The van der Waals surface area contributed by atoms with Gasteiger partial charge in [0.15, 0.2) is 5.78 Å². The summed E-state index contributed by atoms with van der Waals surface area (Å²) in [6, 6.07) is 7.71. The Labute approximate surface area is 133 Å². The fourth-order valence-corrected chi connectivity index (χ4v) is 4.00. The zero-order chi connectivity index (χ0) is 15.4. The maximum absolute atomic E-state index is 11.9. The van der Waals surface area contributed by atoms with Crippen LogP contribution in [0.3, 0.4) is 0 Å².